The maximum atomic E-state index is 12.3. The molecule has 1 rings (SSSR count). The Morgan fingerprint density at radius 3 is 2.64 bits per heavy atom. The number of rotatable bonds is 9. The Morgan fingerprint density at radius 2 is 2.05 bits per heavy atom. The first-order valence-electron chi connectivity index (χ1n) is 7.38. The molecule has 6 nitrogen and oxygen atoms in total. The quantitative estimate of drug-likeness (QED) is 0.722. The van der Waals surface area contributed by atoms with Gasteiger partial charge in [0.25, 0.3) is 0 Å². The molecule has 0 spiro atoms. The van der Waals surface area contributed by atoms with Crippen LogP contribution in [-0.4, -0.2) is 37.8 Å². The maximum absolute atomic E-state index is 12.3. The lowest BCUT2D eigenvalue weighted by atomic mass is 9.88. The Labute approximate surface area is 133 Å². The Hall–Kier alpha value is -1.18. The van der Waals surface area contributed by atoms with Crippen molar-refractivity contribution in [2.24, 2.45) is 5.41 Å². The van der Waals surface area contributed by atoms with E-state index in [9.17, 15) is 8.42 Å². The van der Waals surface area contributed by atoms with Gasteiger partial charge in [0.2, 0.25) is 10.0 Å². The highest BCUT2D eigenvalue weighted by Gasteiger charge is 2.22. The summed E-state index contributed by atoms with van der Waals surface area (Å²) in [7, 11) is -3.63. The van der Waals surface area contributed by atoms with E-state index in [0.717, 1.165) is 6.42 Å². The van der Waals surface area contributed by atoms with E-state index in [1.54, 1.807) is 0 Å². The molecule has 0 atom stereocenters. The SMILES string of the molecule is CC(C)Oc1cncc(S(=O)(=O)NCC(C)(C)CCCO)c1. The molecule has 0 aromatic carbocycles. The third kappa shape index (κ3) is 6.29. The van der Waals surface area contributed by atoms with E-state index in [2.05, 4.69) is 9.71 Å². The summed E-state index contributed by atoms with van der Waals surface area (Å²) in [5.74, 6) is 0.428. The zero-order valence-corrected chi connectivity index (χ0v) is 14.5. The van der Waals surface area contributed by atoms with Gasteiger partial charge in [0.05, 0.1) is 12.3 Å². The summed E-state index contributed by atoms with van der Waals surface area (Å²) < 4.78 is 32.7. The van der Waals surface area contributed by atoms with Gasteiger partial charge < -0.3 is 9.84 Å². The highest BCUT2D eigenvalue weighted by Crippen LogP contribution is 2.22. The monoisotopic (exact) mass is 330 g/mol. The molecule has 0 radical (unpaired) electrons. The van der Waals surface area contributed by atoms with E-state index < -0.39 is 10.0 Å². The van der Waals surface area contributed by atoms with Gasteiger partial charge in [-0.25, -0.2) is 13.1 Å². The maximum Gasteiger partial charge on any atom is 0.242 e. The van der Waals surface area contributed by atoms with E-state index in [1.807, 2.05) is 27.7 Å². The number of aliphatic hydroxyl groups is 1. The van der Waals surface area contributed by atoms with Crippen molar-refractivity contribution in [1.82, 2.24) is 9.71 Å². The predicted molar refractivity (Wildman–Crippen MR) is 85.3 cm³/mol. The van der Waals surface area contributed by atoms with Crippen LogP contribution >= 0.6 is 0 Å². The van der Waals surface area contributed by atoms with E-state index in [4.69, 9.17) is 9.84 Å². The van der Waals surface area contributed by atoms with Crippen molar-refractivity contribution in [2.45, 2.75) is 51.5 Å². The fraction of sp³-hybridized carbons (Fsp3) is 0.667. The molecule has 0 bridgehead atoms. The first-order valence-corrected chi connectivity index (χ1v) is 8.87. The van der Waals surface area contributed by atoms with Crippen LogP contribution < -0.4 is 9.46 Å². The minimum atomic E-state index is -3.63. The van der Waals surface area contributed by atoms with Crippen molar-refractivity contribution in [2.75, 3.05) is 13.2 Å². The van der Waals surface area contributed by atoms with E-state index >= 15 is 0 Å². The molecular formula is C15H26N2O4S. The van der Waals surface area contributed by atoms with Gasteiger partial charge in [-0.1, -0.05) is 13.8 Å². The molecule has 0 aliphatic heterocycles. The van der Waals surface area contributed by atoms with Crippen LogP contribution in [0.2, 0.25) is 0 Å². The number of sulfonamides is 1. The second-order valence-corrected chi connectivity index (χ2v) is 8.11. The number of ether oxygens (including phenoxy) is 1. The van der Waals surface area contributed by atoms with Crippen LogP contribution in [0.1, 0.15) is 40.5 Å². The fourth-order valence-electron chi connectivity index (χ4n) is 1.90. The van der Waals surface area contributed by atoms with Gasteiger partial charge in [-0.05, 0) is 32.1 Å². The third-order valence-corrected chi connectivity index (χ3v) is 4.49. The van der Waals surface area contributed by atoms with Gasteiger partial charge in [-0.3, -0.25) is 4.98 Å². The van der Waals surface area contributed by atoms with Gasteiger partial charge in [-0.15, -0.1) is 0 Å². The van der Waals surface area contributed by atoms with Crippen LogP contribution in [0.4, 0.5) is 0 Å². The molecule has 0 fully saturated rings. The van der Waals surface area contributed by atoms with Crippen LogP contribution in [0.3, 0.4) is 0 Å². The van der Waals surface area contributed by atoms with E-state index in [1.165, 1.54) is 18.5 Å². The molecule has 1 heterocycles. The molecule has 0 unspecified atom stereocenters. The number of aromatic nitrogens is 1. The molecule has 0 saturated carbocycles. The van der Waals surface area contributed by atoms with Crippen LogP contribution in [0.5, 0.6) is 5.75 Å². The van der Waals surface area contributed by atoms with Crippen LogP contribution in [0.25, 0.3) is 0 Å². The number of nitrogens with zero attached hydrogens (tertiary/aromatic N) is 1. The van der Waals surface area contributed by atoms with Crippen molar-refractivity contribution >= 4 is 10.0 Å². The summed E-state index contributed by atoms with van der Waals surface area (Å²) in [5.41, 5.74) is -0.227. The first kappa shape index (κ1) is 18.9. The Balaban J connectivity index is 2.78. The molecule has 22 heavy (non-hydrogen) atoms. The zero-order valence-electron chi connectivity index (χ0n) is 13.7. The molecule has 1 aromatic rings. The minimum Gasteiger partial charge on any atom is -0.489 e. The third-order valence-electron chi connectivity index (χ3n) is 3.12. The van der Waals surface area contributed by atoms with Gasteiger partial charge in [-0.2, -0.15) is 0 Å². The van der Waals surface area contributed by atoms with E-state index in [-0.39, 0.29) is 23.0 Å². The summed E-state index contributed by atoms with van der Waals surface area (Å²) in [6, 6.07) is 1.47. The lowest BCUT2D eigenvalue weighted by Crippen LogP contribution is -2.34. The summed E-state index contributed by atoms with van der Waals surface area (Å²) in [4.78, 5) is 4.01. The molecular weight excluding hydrogens is 304 g/mol. The number of hydrogen-bond acceptors (Lipinski definition) is 5. The Kier molecular flexibility index (Phi) is 6.77. The van der Waals surface area contributed by atoms with Gasteiger partial charge in [0.1, 0.15) is 10.6 Å². The highest BCUT2D eigenvalue weighted by atomic mass is 32.2. The number of nitrogens with one attached hydrogen (secondary N) is 1. The van der Waals surface area contributed by atoms with Crippen molar-refractivity contribution < 1.29 is 18.3 Å². The summed E-state index contributed by atoms with van der Waals surface area (Å²) >= 11 is 0. The summed E-state index contributed by atoms with van der Waals surface area (Å²) in [6.07, 6.45) is 4.13. The van der Waals surface area contributed by atoms with Crippen molar-refractivity contribution in [1.29, 1.82) is 0 Å². The molecule has 0 aliphatic carbocycles. The topological polar surface area (TPSA) is 88.5 Å². The molecule has 0 saturated heterocycles. The number of pyridine rings is 1. The highest BCUT2D eigenvalue weighted by molar-refractivity contribution is 7.89. The van der Waals surface area contributed by atoms with Crippen LogP contribution in [-0.2, 0) is 10.0 Å². The normalized spacial score (nSPS) is 12.6. The van der Waals surface area contributed by atoms with Gasteiger partial charge in [0, 0.05) is 25.4 Å². The second-order valence-electron chi connectivity index (χ2n) is 6.34. The fourth-order valence-corrected chi connectivity index (χ4v) is 3.12. The lowest BCUT2D eigenvalue weighted by molar-refractivity contribution is 0.240. The summed E-state index contributed by atoms with van der Waals surface area (Å²) in [5, 5.41) is 8.88. The first-order chi connectivity index (χ1) is 10.2. The Morgan fingerprint density at radius 1 is 1.36 bits per heavy atom. The molecule has 0 amide bonds. The number of hydrogen-bond donors (Lipinski definition) is 2. The van der Waals surface area contributed by atoms with Crippen molar-refractivity contribution in [3.63, 3.8) is 0 Å². The second kappa shape index (κ2) is 7.89. The summed E-state index contributed by atoms with van der Waals surface area (Å²) in [6.45, 7) is 8.05. The predicted octanol–water partition coefficient (Wildman–Crippen LogP) is 1.95. The van der Waals surface area contributed by atoms with E-state index in [0.29, 0.717) is 18.7 Å². The largest absolute Gasteiger partial charge is 0.489 e. The minimum absolute atomic E-state index is 0.0508. The number of aliphatic hydroxyl groups excluding tert-OH is 1. The van der Waals surface area contributed by atoms with Gasteiger partial charge in [0.15, 0.2) is 0 Å². The van der Waals surface area contributed by atoms with Gasteiger partial charge >= 0.3 is 0 Å². The van der Waals surface area contributed by atoms with Crippen LogP contribution in [0, 0.1) is 5.41 Å². The standard InChI is InChI=1S/C15H26N2O4S/c1-12(2)21-13-8-14(10-16-9-13)22(19,20)17-11-15(3,4)6-5-7-18/h8-10,12,17-18H,5-7,11H2,1-4H3. The van der Waals surface area contributed by atoms with Crippen molar-refractivity contribution in [3.05, 3.63) is 18.5 Å². The van der Waals surface area contributed by atoms with Crippen LogP contribution in [0.15, 0.2) is 23.4 Å². The zero-order chi connectivity index (χ0) is 16.8. The molecule has 1 aromatic heterocycles. The smallest absolute Gasteiger partial charge is 0.242 e. The average Bonchev–Trinajstić information content (AvgIpc) is 2.43. The molecule has 7 heteroatoms. The van der Waals surface area contributed by atoms with Crippen molar-refractivity contribution in [3.8, 4) is 5.75 Å². The molecule has 2 N–H and O–H groups in total. The molecule has 126 valence electrons. The molecule has 0 aliphatic rings. The average molecular weight is 330 g/mol. The lowest BCUT2D eigenvalue weighted by Gasteiger charge is -2.24. The Bertz CT molecular complexity index is 571.